The molecule has 1 atom stereocenters. The molecule has 1 aromatic heterocycles. The molecule has 3 rings (SSSR count). The summed E-state index contributed by atoms with van der Waals surface area (Å²) < 4.78 is 4.82. The third kappa shape index (κ3) is 2.20. The van der Waals surface area contributed by atoms with E-state index in [-0.39, 0.29) is 11.9 Å². The summed E-state index contributed by atoms with van der Waals surface area (Å²) in [6.07, 6.45) is 2.25. The van der Waals surface area contributed by atoms with E-state index in [2.05, 4.69) is 10.2 Å². The molecule has 0 saturated heterocycles. The Balaban J connectivity index is 1.94. The van der Waals surface area contributed by atoms with Crippen LogP contribution in [-0.2, 0) is 22.4 Å². The van der Waals surface area contributed by atoms with Gasteiger partial charge in [0.1, 0.15) is 0 Å². The molecular weight excluding hydrogens is 276 g/mol. The smallest absolute Gasteiger partial charge is 0.309 e. The molecule has 0 aliphatic heterocycles. The van der Waals surface area contributed by atoms with E-state index in [1.807, 2.05) is 24.3 Å². The highest BCUT2D eigenvalue weighted by Crippen LogP contribution is 2.35. The van der Waals surface area contributed by atoms with Crippen molar-refractivity contribution in [1.29, 1.82) is 0 Å². The van der Waals surface area contributed by atoms with Crippen LogP contribution < -0.4 is 0 Å². The van der Waals surface area contributed by atoms with Crippen LogP contribution in [0.1, 0.15) is 17.7 Å². The summed E-state index contributed by atoms with van der Waals surface area (Å²) in [5.41, 5.74) is 4.01. The summed E-state index contributed by atoms with van der Waals surface area (Å²) in [7, 11) is 1.43. The van der Waals surface area contributed by atoms with Crippen LogP contribution in [0.5, 0.6) is 0 Å². The van der Waals surface area contributed by atoms with Crippen LogP contribution in [0, 0.1) is 5.92 Å². The lowest BCUT2D eigenvalue weighted by Crippen LogP contribution is -2.23. The Morgan fingerprint density at radius 2 is 2.25 bits per heavy atom. The normalized spacial score (nSPS) is 17.6. The number of aromatic nitrogens is 2. The largest absolute Gasteiger partial charge is 0.469 e. The van der Waals surface area contributed by atoms with Crippen LogP contribution >= 0.6 is 11.6 Å². The van der Waals surface area contributed by atoms with Crippen LogP contribution in [0.4, 0.5) is 0 Å². The molecule has 1 aromatic carbocycles. The minimum Gasteiger partial charge on any atom is -0.469 e. The van der Waals surface area contributed by atoms with E-state index in [1.165, 1.54) is 12.7 Å². The zero-order valence-electron chi connectivity index (χ0n) is 11.1. The van der Waals surface area contributed by atoms with Gasteiger partial charge in [0.25, 0.3) is 0 Å². The monoisotopic (exact) mass is 290 g/mol. The number of esters is 1. The third-order valence-corrected chi connectivity index (χ3v) is 4.14. The summed E-state index contributed by atoms with van der Waals surface area (Å²) in [6.45, 7) is 0. The molecular formula is C15H15ClN2O2. The quantitative estimate of drug-likeness (QED) is 0.865. The molecule has 0 saturated carbocycles. The number of H-pyrrole nitrogens is 1. The first-order valence-electron chi connectivity index (χ1n) is 6.59. The van der Waals surface area contributed by atoms with Crippen molar-refractivity contribution in [3.05, 3.63) is 40.5 Å². The van der Waals surface area contributed by atoms with Crippen LogP contribution in [0.3, 0.4) is 0 Å². The summed E-state index contributed by atoms with van der Waals surface area (Å²) >= 11 is 6.23. The maximum atomic E-state index is 11.6. The van der Waals surface area contributed by atoms with E-state index in [1.54, 1.807) is 0 Å². The van der Waals surface area contributed by atoms with E-state index in [0.29, 0.717) is 11.4 Å². The number of nitrogens with zero attached hydrogens (tertiary/aromatic N) is 1. The van der Waals surface area contributed by atoms with Gasteiger partial charge in [0.2, 0.25) is 0 Å². The number of hydrogen-bond acceptors (Lipinski definition) is 3. The number of ether oxygens (including phenoxy) is 1. The van der Waals surface area contributed by atoms with E-state index in [4.69, 9.17) is 16.3 Å². The maximum Gasteiger partial charge on any atom is 0.309 e. The highest BCUT2D eigenvalue weighted by molar-refractivity contribution is 6.33. The Kier molecular flexibility index (Phi) is 3.49. The van der Waals surface area contributed by atoms with Crippen molar-refractivity contribution in [2.75, 3.05) is 7.11 Å². The summed E-state index contributed by atoms with van der Waals surface area (Å²) in [6, 6.07) is 7.67. The van der Waals surface area contributed by atoms with Gasteiger partial charge in [0.05, 0.1) is 23.7 Å². The second kappa shape index (κ2) is 5.29. The van der Waals surface area contributed by atoms with Crippen molar-refractivity contribution >= 4 is 17.6 Å². The van der Waals surface area contributed by atoms with Gasteiger partial charge in [-0.05, 0) is 18.9 Å². The molecule has 0 fully saturated rings. The number of hydrogen-bond donors (Lipinski definition) is 1. The minimum atomic E-state index is -0.149. The molecule has 104 valence electrons. The number of halogens is 1. The molecule has 1 aliphatic rings. The fourth-order valence-corrected chi connectivity index (χ4v) is 2.98. The zero-order valence-corrected chi connectivity index (χ0v) is 11.9. The van der Waals surface area contributed by atoms with Crippen molar-refractivity contribution in [1.82, 2.24) is 10.2 Å². The average Bonchev–Trinajstić information content (AvgIpc) is 2.90. The molecule has 1 aliphatic carbocycles. The predicted molar refractivity (Wildman–Crippen MR) is 76.6 cm³/mol. The molecule has 2 aromatic rings. The number of aromatic amines is 1. The van der Waals surface area contributed by atoms with Crippen LogP contribution in [0.25, 0.3) is 11.3 Å². The second-order valence-corrected chi connectivity index (χ2v) is 5.38. The number of carbonyl (C=O) groups excluding carboxylic acids is 1. The van der Waals surface area contributed by atoms with Gasteiger partial charge in [0.15, 0.2) is 0 Å². The molecule has 20 heavy (non-hydrogen) atoms. The SMILES string of the molecule is COC(=O)C1CCc2c(-c3ccccc3Cl)n[nH]c2C1. The third-order valence-electron chi connectivity index (χ3n) is 3.81. The molecule has 1 N–H and O–H groups in total. The zero-order chi connectivity index (χ0) is 14.1. The van der Waals surface area contributed by atoms with Gasteiger partial charge in [-0.2, -0.15) is 5.10 Å². The Bertz CT molecular complexity index is 651. The summed E-state index contributed by atoms with van der Waals surface area (Å²) in [5.74, 6) is -0.225. The standard InChI is InChI=1S/C15H15ClN2O2/c1-20-15(19)9-6-7-11-13(8-9)17-18-14(11)10-4-2-3-5-12(10)16/h2-5,9H,6-8H2,1H3,(H,17,18). The Hall–Kier alpha value is -1.81. The van der Waals surface area contributed by atoms with Gasteiger partial charge in [-0.15, -0.1) is 0 Å². The highest BCUT2D eigenvalue weighted by Gasteiger charge is 2.29. The van der Waals surface area contributed by atoms with E-state index in [0.717, 1.165) is 29.8 Å². The van der Waals surface area contributed by atoms with Crippen LogP contribution in [0.15, 0.2) is 24.3 Å². The lowest BCUT2D eigenvalue weighted by Gasteiger charge is -2.20. The lowest BCUT2D eigenvalue weighted by molar-refractivity contribution is -0.145. The minimum absolute atomic E-state index is 0.0768. The molecule has 0 radical (unpaired) electrons. The molecule has 0 spiro atoms. The van der Waals surface area contributed by atoms with Crippen molar-refractivity contribution < 1.29 is 9.53 Å². The maximum absolute atomic E-state index is 11.6. The van der Waals surface area contributed by atoms with Gasteiger partial charge in [-0.1, -0.05) is 29.8 Å². The predicted octanol–water partition coefficient (Wildman–Crippen LogP) is 3.01. The molecule has 1 heterocycles. The first-order valence-corrected chi connectivity index (χ1v) is 6.97. The van der Waals surface area contributed by atoms with Gasteiger partial charge >= 0.3 is 5.97 Å². The Morgan fingerprint density at radius 1 is 1.45 bits per heavy atom. The number of methoxy groups -OCH3 is 1. The van der Waals surface area contributed by atoms with Crippen LogP contribution in [-0.4, -0.2) is 23.3 Å². The number of benzene rings is 1. The van der Waals surface area contributed by atoms with Crippen molar-refractivity contribution in [3.63, 3.8) is 0 Å². The molecule has 0 bridgehead atoms. The lowest BCUT2D eigenvalue weighted by atomic mass is 9.86. The summed E-state index contributed by atoms with van der Waals surface area (Å²) in [5, 5.41) is 8.12. The number of fused-ring (bicyclic) bond motifs is 1. The first-order chi connectivity index (χ1) is 9.70. The number of rotatable bonds is 2. The summed E-state index contributed by atoms with van der Waals surface area (Å²) in [4.78, 5) is 11.6. The Labute approximate surface area is 122 Å². The van der Waals surface area contributed by atoms with Crippen molar-refractivity contribution in [2.24, 2.45) is 5.92 Å². The topological polar surface area (TPSA) is 55.0 Å². The fraction of sp³-hybridized carbons (Fsp3) is 0.333. The first kappa shape index (κ1) is 13.2. The Morgan fingerprint density at radius 3 is 3.00 bits per heavy atom. The van der Waals surface area contributed by atoms with E-state index < -0.39 is 0 Å². The molecule has 1 unspecified atom stereocenters. The number of nitrogens with one attached hydrogen (secondary N) is 1. The average molecular weight is 291 g/mol. The van der Waals surface area contributed by atoms with Crippen LogP contribution in [0.2, 0.25) is 5.02 Å². The van der Waals surface area contributed by atoms with Crippen molar-refractivity contribution in [2.45, 2.75) is 19.3 Å². The highest BCUT2D eigenvalue weighted by atomic mass is 35.5. The fourth-order valence-electron chi connectivity index (χ4n) is 2.75. The van der Waals surface area contributed by atoms with E-state index in [9.17, 15) is 4.79 Å². The number of carbonyl (C=O) groups is 1. The second-order valence-electron chi connectivity index (χ2n) is 4.97. The van der Waals surface area contributed by atoms with E-state index >= 15 is 0 Å². The molecule has 5 heteroatoms. The van der Waals surface area contributed by atoms with Gasteiger partial charge in [-0.25, -0.2) is 0 Å². The van der Waals surface area contributed by atoms with Gasteiger partial charge in [0, 0.05) is 23.2 Å². The van der Waals surface area contributed by atoms with Gasteiger partial charge in [-0.3, -0.25) is 9.89 Å². The van der Waals surface area contributed by atoms with Gasteiger partial charge < -0.3 is 4.74 Å². The molecule has 4 nitrogen and oxygen atoms in total. The molecule has 0 amide bonds. The van der Waals surface area contributed by atoms with Crippen molar-refractivity contribution in [3.8, 4) is 11.3 Å².